The van der Waals surface area contributed by atoms with Crippen LogP contribution in [0, 0.1) is 0 Å². The smallest absolute Gasteiger partial charge is 0.227 e. The van der Waals surface area contributed by atoms with Crippen molar-refractivity contribution in [1.82, 2.24) is 4.98 Å². The highest BCUT2D eigenvalue weighted by Gasteiger charge is 2.17. The van der Waals surface area contributed by atoms with E-state index in [4.69, 9.17) is 9.40 Å². The number of nitrogens with zero attached hydrogens (tertiary/aromatic N) is 2. The van der Waals surface area contributed by atoms with Crippen LogP contribution in [-0.2, 0) is 0 Å². The summed E-state index contributed by atoms with van der Waals surface area (Å²) in [6.07, 6.45) is 0. The van der Waals surface area contributed by atoms with Gasteiger partial charge in [0.1, 0.15) is 5.52 Å². The van der Waals surface area contributed by atoms with Crippen molar-refractivity contribution in [1.29, 1.82) is 0 Å². The Morgan fingerprint density at radius 2 is 0.926 bits per heavy atom. The molecule has 0 N–H and O–H groups in total. The number of benzene rings is 9. The Bertz CT molecular complexity index is 2920. The third-order valence-electron chi connectivity index (χ3n) is 10.3. The molecule has 3 nitrogen and oxygen atoms in total. The first kappa shape index (κ1) is 31.5. The molecule has 10 rings (SSSR count). The van der Waals surface area contributed by atoms with Gasteiger partial charge in [-0.1, -0.05) is 146 Å². The summed E-state index contributed by atoms with van der Waals surface area (Å²) in [6, 6.07) is 73.0. The highest BCUT2D eigenvalue weighted by Crippen LogP contribution is 2.41. The van der Waals surface area contributed by atoms with Crippen LogP contribution < -0.4 is 4.90 Å². The van der Waals surface area contributed by atoms with E-state index < -0.39 is 0 Å². The van der Waals surface area contributed by atoms with Crippen LogP contribution in [-0.4, -0.2) is 4.98 Å². The first-order valence-corrected chi connectivity index (χ1v) is 18.3. The van der Waals surface area contributed by atoms with Gasteiger partial charge in [0.25, 0.3) is 0 Å². The number of hydrogen-bond acceptors (Lipinski definition) is 3. The minimum atomic E-state index is 0.629. The van der Waals surface area contributed by atoms with Crippen molar-refractivity contribution in [3.63, 3.8) is 0 Å². The molecule has 1 aromatic heterocycles. The van der Waals surface area contributed by atoms with Gasteiger partial charge in [-0.25, -0.2) is 4.98 Å². The summed E-state index contributed by atoms with van der Waals surface area (Å²) in [5.74, 6) is 0.629. The predicted molar refractivity (Wildman–Crippen MR) is 225 cm³/mol. The van der Waals surface area contributed by atoms with Crippen LogP contribution in [0.25, 0.3) is 77.5 Å². The van der Waals surface area contributed by atoms with Gasteiger partial charge < -0.3 is 9.32 Å². The van der Waals surface area contributed by atoms with Crippen molar-refractivity contribution in [2.45, 2.75) is 0 Å². The minimum absolute atomic E-state index is 0.629. The highest BCUT2D eigenvalue weighted by atomic mass is 16.3. The molecule has 54 heavy (non-hydrogen) atoms. The zero-order chi connectivity index (χ0) is 35.8. The summed E-state index contributed by atoms with van der Waals surface area (Å²) < 4.78 is 6.53. The fraction of sp³-hybridized carbons (Fsp3) is 0. The monoisotopic (exact) mass is 690 g/mol. The first-order chi connectivity index (χ1) is 26.7. The Morgan fingerprint density at radius 3 is 1.69 bits per heavy atom. The second-order valence-electron chi connectivity index (χ2n) is 13.6. The van der Waals surface area contributed by atoms with Crippen LogP contribution in [0.2, 0.25) is 0 Å². The van der Waals surface area contributed by atoms with E-state index in [1.807, 2.05) is 30.3 Å². The lowest BCUT2D eigenvalue weighted by Gasteiger charge is -2.26. The van der Waals surface area contributed by atoms with Gasteiger partial charge in [-0.2, -0.15) is 0 Å². The molecule has 0 aliphatic heterocycles. The summed E-state index contributed by atoms with van der Waals surface area (Å²) in [5, 5.41) is 4.52. The largest absolute Gasteiger partial charge is 0.435 e. The van der Waals surface area contributed by atoms with Crippen LogP contribution in [0.15, 0.2) is 211 Å². The summed E-state index contributed by atoms with van der Waals surface area (Å²) in [7, 11) is 0. The highest BCUT2D eigenvalue weighted by molar-refractivity contribution is 6.12. The molecule has 0 atom stereocenters. The number of anilines is 3. The van der Waals surface area contributed by atoms with Crippen molar-refractivity contribution in [3.05, 3.63) is 206 Å². The molecule has 9 aromatic carbocycles. The van der Waals surface area contributed by atoms with Crippen molar-refractivity contribution >= 4 is 49.7 Å². The van der Waals surface area contributed by atoms with Gasteiger partial charge in [0.05, 0.1) is 0 Å². The maximum atomic E-state index is 6.53. The van der Waals surface area contributed by atoms with E-state index >= 15 is 0 Å². The molecule has 10 aromatic rings. The summed E-state index contributed by atoms with van der Waals surface area (Å²) in [5.41, 5.74) is 12.9. The average molecular weight is 691 g/mol. The third-order valence-corrected chi connectivity index (χ3v) is 10.3. The quantitative estimate of drug-likeness (QED) is 0.167. The molecule has 0 radical (unpaired) electrons. The van der Waals surface area contributed by atoms with E-state index in [1.54, 1.807) is 0 Å². The first-order valence-electron chi connectivity index (χ1n) is 18.3. The Labute approximate surface area is 314 Å². The second-order valence-corrected chi connectivity index (χ2v) is 13.6. The van der Waals surface area contributed by atoms with Crippen molar-refractivity contribution in [3.8, 4) is 44.8 Å². The number of aromatic nitrogens is 1. The molecule has 0 amide bonds. The zero-order valence-corrected chi connectivity index (χ0v) is 29.4. The minimum Gasteiger partial charge on any atom is -0.435 e. The van der Waals surface area contributed by atoms with Crippen LogP contribution in [0.1, 0.15) is 0 Å². The lowest BCUT2D eigenvalue weighted by atomic mass is 9.95. The lowest BCUT2D eigenvalue weighted by molar-refractivity contribution is 0.623. The Kier molecular flexibility index (Phi) is 7.81. The van der Waals surface area contributed by atoms with Crippen LogP contribution >= 0.6 is 0 Å². The van der Waals surface area contributed by atoms with E-state index in [1.165, 1.54) is 27.6 Å². The van der Waals surface area contributed by atoms with Gasteiger partial charge in [0, 0.05) is 28.0 Å². The van der Waals surface area contributed by atoms with Crippen molar-refractivity contribution in [2.24, 2.45) is 0 Å². The molecule has 0 spiro atoms. The summed E-state index contributed by atoms with van der Waals surface area (Å²) >= 11 is 0. The van der Waals surface area contributed by atoms with Crippen LogP contribution in [0.3, 0.4) is 0 Å². The molecular formula is C51H34N2O. The Balaban J connectivity index is 1.11. The third kappa shape index (κ3) is 5.78. The van der Waals surface area contributed by atoms with Gasteiger partial charge in [-0.05, 0) is 110 Å². The number of fused-ring (bicyclic) bond motifs is 4. The molecule has 1 heterocycles. The average Bonchev–Trinajstić information content (AvgIpc) is 3.70. The van der Waals surface area contributed by atoms with Gasteiger partial charge >= 0.3 is 0 Å². The SMILES string of the molecule is c1ccc(-c2ccc(N(c3cccc(-c4ccccc4)c3)c3ccc4ccc(-c5cccc6ccc7nc(-c8ccccc8)oc7c56)cc4c3)cc2)cc1. The van der Waals surface area contributed by atoms with Gasteiger partial charge in [-0.3, -0.25) is 0 Å². The van der Waals surface area contributed by atoms with Gasteiger partial charge in [0.15, 0.2) is 5.58 Å². The normalized spacial score (nSPS) is 11.3. The Hall–Kier alpha value is -7.23. The molecule has 0 saturated carbocycles. The maximum Gasteiger partial charge on any atom is 0.227 e. The topological polar surface area (TPSA) is 29.3 Å². The molecule has 0 saturated heterocycles. The van der Waals surface area contributed by atoms with Crippen LogP contribution in [0.4, 0.5) is 17.1 Å². The van der Waals surface area contributed by atoms with E-state index in [2.05, 4.69) is 181 Å². The fourth-order valence-corrected chi connectivity index (χ4v) is 7.58. The molecule has 0 aliphatic rings. The van der Waals surface area contributed by atoms with E-state index in [9.17, 15) is 0 Å². The van der Waals surface area contributed by atoms with Gasteiger partial charge in [-0.15, -0.1) is 0 Å². The molecular weight excluding hydrogens is 657 g/mol. The maximum absolute atomic E-state index is 6.53. The molecule has 3 heteroatoms. The molecule has 0 bridgehead atoms. The number of oxazole rings is 1. The van der Waals surface area contributed by atoms with Crippen LogP contribution in [0.5, 0.6) is 0 Å². The Morgan fingerprint density at radius 1 is 0.352 bits per heavy atom. The fourth-order valence-electron chi connectivity index (χ4n) is 7.58. The summed E-state index contributed by atoms with van der Waals surface area (Å²) in [4.78, 5) is 7.24. The van der Waals surface area contributed by atoms with E-state index in [0.29, 0.717) is 5.89 Å². The van der Waals surface area contributed by atoms with Gasteiger partial charge in [0.2, 0.25) is 5.89 Å². The predicted octanol–water partition coefficient (Wildman–Crippen LogP) is 14.3. The number of hydrogen-bond donors (Lipinski definition) is 0. The van der Waals surface area contributed by atoms with Crippen molar-refractivity contribution in [2.75, 3.05) is 4.90 Å². The zero-order valence-electron chi connectivity index (χ0n) is 29.4. The molecule has 0 aliphatic carbocycles. The van der Waals surface area contributed by atoms with E-state index in [0.717, 1.165) is 61.0 Å². The molecule has 254 valence electrons. The standard InChI is InChI=1S/C51H34N2O/c1-4-12-35(13-5-1)37-24-28-44(29-25-37)53(45-20-10-19-41(33-45)36-14-6-2-7-15-36)46-30-26-38-22-23-42(32-43(38)34-46)47-21-11-18-39-27-31-48-50(49(39)47)54-51(52-48)40-16-8-3-9-17-40/h1-34H. The molecule has 0 fully saturated rings. The summed E-state index contributed by atoms with van der Waals surface area (Å²) in [6.45, 7) is 0. The second kappa shape index (κ2) is 13.4. The molecule has 0 unspecified atom stereocenters. The number of rotatable bonds is 7. The van der Waals surface area contributed by atoms with Crippen molar-refractivity contribution < 1.29 is 4.42 Å². The van der Waals surface area contributed by atoms with E-state index in [-0.39, 0.29) is 0 Å². The lowest BCUT2D eigenvalue weighted by Crippen LogP contribution is -2.10.